The van der Waals surface area contributed by atoms with E-state index in [0.29, 0.717) is 35.3 Å². The van der Waals surface area contributed by atoms with Crippen molar-refractivity contribution < 1.29 is 29.0 Å². The van der Waals surface area contributed by atoms with Crippen LogP contribution in [0.15, 0.2) is 108 Å². The van der Waals surface area contributed by atoms with E-state index >= 15 is 0 Å². The van der Waals surface area contributed by atoms with Crippen molar-refractivity contribution in [2.75, 3.05) is 12.4 Å². The number of nitrogens with one attached hydrogen (secondary N) is 2. The molecule has 55 heavy (non-hydrogen) atoms. The van der Waals surface area contributed by atoms with Crippen molar-refractivity contribution in [1.29, 1.82) is 0 Å². The number of aromatic nitrogens is 1. The van der Waals surface area contributed by atoms with Crippen LogP contribution < -0.4 is 26.7 Å². The average molecular weight is 743 g/mol. The Morgan fingerprint density at radius 1 is 0.909 bits per heavy atom. The van der Waals surface area contributed by atoms with E-state index in [0.717, 1.165) is 27.5 Å². The molecule has 1 atom stereocenters. The number of hydrogen-bond acceptors (Lipinski definition) is 6. The van der Waals surface area contributed by atoms with Gasteiger partial charge in [-0.2, -0.15) is 0 Å². The maximum absolute atomic E-state index is 14.1. The molecule has 11 nitrogen and oxygen atoms in total. The summed E-state index contributed by atoms with van der Waals surface area (Å²) in [5.41, 5.74) is 7.99. The lowest BCUT2D eigenvalue weighted by molar-refractivity contribution is -0.142. The highest BCUT2D eigenvalue weighted by Crippen LogP contribution is 2.25. The SMILES string of the molecule is COc1ccc(Cn2cc(/C=C/C(N)=O)c(C)c(NC(=O)C(CCCc3ccc(C(C)(C)C(=O)O)cc3)NC(=O)Cc3ccc4ccccc4c3)c2=O)cc1. The van der Waals surface area contributed by atoms with Crippen LogP contribution in [-0.2, 0) is 44.0 Å². The monoisotopic (exact) mass is 742 g/mol. The summed E-state index contributed by atoms with van der Waals surface area (Å²) in [6, 6.07) is 27.1. The molecule has 5 rings (SSSR count). The van der Waals surface area contributed by atoms with E-state index in [1.807, 2.05) is 66.7 Å². The maximum atomic E-state index is 14.1. The molecule has 0 aliphatic carbocycles. The molecule has 0 aliphatic heterocycles. The number of primary amides is 1. The van der Waals surface area contributed by atoms with E-state index in [4.69, 9.17) is 10.5 Å². The number of nitrogens with two attached hydrogens (primary N) is 1. The van der Waals surface area contributed by atoms with Gasteiger partial charge in [0.2, 0.25) is 17.7 Å². The fourth-order valence-corrected chi connectivity index (χ4v) is 6.28. The van der Waals surface area contributed by atoms with Gasteiger partial charge in [0.05, 0.1) is 25.5 Å². The molecule has 11 heteroatoms. The predicted octanol–water partition coefficient (Wildman–Crippen LogP) is 5.92. The number of nitrogens with zero attached hydrogens (tertiary/aromatic N) is 1. The number of amides is 3. The normalized spacial score (nSPS) is 12.0. The van der Waals surface area contributed by atoms with Crippen LogP contribution in [0.4, 0.5) is 5.69 Å². The van der Waals surface area contributed by atoms with E-state index in [-0.39, 0.29) is 31.0 Å². The van der Waals surface area contributed by atoms with Crippen LogP contribution in [0, 0.1) is 6.92 Å². The molecule has 0 fully saturated rings. The van der Waals surface area contributed by atoms with Crippen molar-refractivity contribution in [3.63, 3.8) is 0 Å². The van der Waals surface area contributed by atoms with Gasteiger partial charge in [-0.05, 0) is 102 Å². The summed E-state index contributed by atoms with van der Waals surface area (Å²) in [6.07, 6.45) is 5.61. The zero-order chi connectivity index (χ0) is 39.7. The fourth-order valence-electron chi connectivity index (χ4n) is 6.28. The number of carbonyl (C=O) groups excluding carboxylic acids is 3. The first-order valence-corrected chi connectivity index (χ1v) is 18.0. The first-order chi connectivity index (χ1) is 26.2. The van der Waals surface area contributed by atoms with E-state index < -0.39 is 34.8 Å². The summed E-state index contributed by atoms with van der Waals surface area (Å²) in [5.74, 6) is -1.87. The maximum Gasteiger partial charge on any atom is 0.313 e. The number of rotatable bonds is 16. The number of pyridine rings is 1. The summed E-state index contributed by atoms with van der Waals surface area (Å²) < 4.78 is 6.69. The zero-order valence-corrected chi connectivity index (χ0v) is 31.4. The lowest BCUT2D eigenvalue weighted by atomic mass is 9.84. The van der Waals surface area contributed by atoms with Gasteiger partial charge in [0.25, 0.3) is 5.56 Å². The molecule has 1 aromatic heterocycles. The third-order valence-corrected chi connectivity index (χ3v) is 9.76. The van der Waals surface area contributed by atoms with Crippen LogP contribution in [0.25, 0.3) is 16.8 Å². The largest absolute Gasteiger partial charge is 0.497 e. The van der Waals surface area contributed by atoms with E-state index in [2.05, 4.69) is 10.6 Å². The number of methoxy groups -OCH3 is 1. The zero-order valence-electron chi connectivity index (χ0n) is 31.4. The predicted molar refractivity (Wildman–Crippen MR) is 214 cm³/mol. The van der Waals surface area contributed by atoms with Gasteiger partial charge in [0.1, 0.15) is 17.5 Å². The minimum Gasteiger partial charge on any atom is -0.497 e. The molecule has 0 spiro atoms. The van der Waals surface area contributed by atoms with Crippen LogP contribution >= 0.6 is 0 Å². The summed E-state index contributed by atoms with van der Waals surface area (Å²) in [6.45, 7) is 5.12. The molecular formula is C44H46N4O7. The molecule has 3 amide bonds. The second-order valence-electron chi connectivity index (χ2n) is 14.1. The number of hydrogen-bond donors (Lipinski definition) is 4. The van der Waals surface area contributed by atoms with Crippen LogP contribution in [0.5, 0.6) is 5.75 Å². The van der Waals surface area contributed by atoms with Gasteiger partial charge in [-0.25, -0.2) is 0 Å². The van der Waals surface area contributed by atoms with Crippen molar-refractivity contribution in [2.24, 2.45) is 5.73 Å². The standard InChI is InChI=1S/C44H46N4O7/c1-28-34(18-23-38(45)49)27-48(26-30-15-21-36(55-4)22-16-30)42(52)40(28)47-41(51)37(11-7-8-29-13-19-35(20-14-29)44(2,3)43(53)54)46-39(50)25-31-12-17-32-9-5-6-10-33(32)24-31/h5-6,9-10,12-24,27,37H,7-8,11,25-26H2,1-4H3,(H2,45,49)(H,46,50)(H,47,51)(H,53,54)/b23-18+. The topological polar surface area (TPSA) is 170 Å². The molecule has 0 radical (unpaired) electrons. The van der Waals surface area contributed by atoms with Crippen molar-refractivity contribution in [2.45, 2.75) is 64.5 Å². The molecule has 5 N–H and O–H groups in total. The van der Waals surface area contributed by atoms with Crippen molar-refractivity contribution in [3.05, 3.63) is 147 Å². The van der Waals surface area contributed by atoms with E-state index in [1.165, 1.54) is 16.7 Å². The Hall–Kier alpha value is -6.49. The van der Waals surface area contributed by atoms with Gasteiger partial charge in [-0.3, -0.25) is 24.0 Å². The number of benzene rings is 4. The number of carbonyl (C=O) groups is 4. The third-order valence-electron chi connectivity index (χ3n) is 9.76. The Labute approximate surface area is 319 Å². The number of ether oxygens (including phenoxy) is 1. The Balaban J connectivity index is 1.41. The van der Waals surface area contributed by atoms with Crippen LogP contribution in [0.1, 0.15) is 60.1 Å². The highest BCUT2D eigenvalue weighted by molar-refractivity contribution is 5.98. The number of fused-ring (bicyclic) bond motifs is 1. The molecule has 1 heterocycles. The molecule has 0 saturated heterocycles. The number of aryl methyl sites for hydroxylation is 1. The summed E-state index contributed by atoms with van der Waals surface area (Å²) in [7, 11) is 1.56. The second kappa shape index (κ2) is 17.6. The molecule has 0 saturated carbocycles. The summed E-state index contributed by atoms with van der Waals surface area (Å²) in [5, 5.41) is 17.4. The van der Waals surface area contributed by atoms with Gasteiger partial charge >= 0.3 is 5.97 Å². The minimum absolute atomic E-state index is 0.00976. The molecule has 0 aliphatic rings. The average Bonchev–Trinajstić information content (AvgIpc) is 3.16. The van der Waals surface area contributed by atoms with E-state index in [1.54, 1.807) is 58.3 Å². The van der Waals surface area contributed by atoms with Crippen molar-refractivity contribution in [3.8, 4) is 5.75 Å². The number of anilines is 1. The molecule has 284 valence electrons. The molecule has 0 bridgehead atoms. The number of aliphatic carboxylic acids is 1. The van der Waals surface area contributed by atoms with Crippen LogP contribution in [0.2, 0.25) is 0 Å². The molecular weight excluding hydrogens is 697 g/mol. The third kappa shape index (κ3) is 10.1. The van der Waals surface area contributed by atoms with Crippen LogP contribution in [-0.4, -0.2) is 46.5 Å². The lowest BCUT2D eigenvalue weighted by Crippen LogP contribution is -2.45. The molecule has 4 aromatic carbocycles. The first-order valence-electron chi connectivity index (χ1n) is 18.0. The Morgan fingerprint density at radius 2 is 1.56 bits per heavy atom. The van der Waals surface area contributed by atoms with Gasteiger partial charge in [0.15, 0.2) is 0 Å². The molecule has 5 aromatic rings. The Bertz CT molecular complexity index is 2290. The Kier molecular flexibility index (Phi) is 12.7. The first kappa shape index (κ1) is 39.7. The highest BCUT2D eigenvalue weighted by Gasteiger charge is 2.29. The highest BCUT2D eigenvalue weighted by atomic mass is 16.5. The lowest BCUT2D eigenvalue weighted by Gasteiger charge is -2.21. The molecule has 1 unspecified atom stereocenters. The number of carboxylic acid groups (broad SMARTS) is 1. The van der Waals surface area contributed by atoms with Gasteiger partial charge < -0.3 is 30.8 Å². The number of carboxylic acids is 1. The summed E-state index contributed by atoms with van der Waals surface area (Å²) in [4.78, 5) is 65.0. The smallest absolute Gasteiger partial charge is 0.313 e. The van der Waals surface area contributed by atoms with Crippen LogP contribution in [0.3, 0.4) is 0 Å². The van der Waals surface area contributed by atoms with Gasteiger partial charge in [-0.15, -0.1) is 0 Å². The van der Waals surface area contributed by atoms with Gasteiger partial charge in [-0.1, -0.05) is 78.9 Å². The van der Waals surface area contributed by atoms with Gasteiger partial charge in [0, 0.05) is 12.3 Å². The minimum atomic E-state index is -1.05. The van der Waals surface area contributed by atoms with Crippen molar-refractivity contribution in [1.82, 2.24) is 9.88 Å². The van der Waals surface area contributed by atoms with E-state index in [9.17, 15) is 29.1 Å². The fraction of sp³-hybridized carbons (Fsp3) is 0.250. The quantitative estimate of drug-likeness (QED) is 0.0911. The second-order valence-corrected chi connectivity index (χ2v) is 14.1. The Morgan fingerprint density at radius 3 is 2.22 bits per heavy atom. The van der Waals surface area contributed by atoms with Crippen molar-refractivity contribution >= 4 is 46.2 Å². The summed E-state index contributed by atoms with van der Waals surface area (Å²) >= 11 is 0.